The lowest BCUT2D eigenvalue weighted by atomic mass is 9.86. The standard InChI is InChI=1S/C22H26BrN3O2/c23-16-6-3-7-17(13-16)26-20-9-2-1-8-18(20)21(24-26)22(27)25-11-4-5-15-14-28-12-10-19(15)25/h3,6-7,13,15,19H,1-2,4-5,8-12,14H2/t15-,19-/m0/s1. The van der Waals surface area contributed by atoms with Crippen LogP contribution in [0.25, 0.3) is 5.69 Å². The second-order valence-electron chi connectivity index (χ2n) is 8.20. The van der Waals surface area contributed by atoms with E-state index in [1.165, 1.54) is 17.7 Å². The maximum absolute atomic E-state index is 13.6. The monoisotopic (exact) mass is 443 g/mol. The Morgan fingerprint density at radius 2 is 2.07 bits per heavy atom. The fourth-order valence-electron chi connectivity index (χ4n) is 5.14. The first-order valence-electron chi connectivity index (χ1n) is 10.5. The van der Waals surface area contributed by atoms with Crippen molar-refractivity contribution in [2.75, 3.05) is 19.8 Å². The van der Waals surface area contributed by atoms with Gasteiger partial charge in [0.15, 0.2) is 5.69 Å². The molecular formula is C22H26BrN3O2. The lowest BCUT2D eigenvalue weighted by Gasteiger charge is -2.43. The number of carbonyl (C=O) groups is 1. The van der Waals surface area contributed by atoms with Crippen LogP contribution in [-0.2, 0) is 17.6 Å². The minimum atomic E-state index is 0.128. The van der Waals surface area contributed by atoms with Crippen molar-refractivity contribution in [1.82, 2.24) is 14.7 Å². The predicted octanol–water partition coefficient (Wildman–Crippen LogP) is 4.15. The van der Waals surface area contributed by atoms with Gasteiger partial charge in [-0.1, -0.05) is 22.0 Å². The van der Waals surface area contributed by atoms with Crippen LogP contribution < -0.4 is 0 Å². The molecule has 0 radical (unpaired) electrons. The van der Waals surface area contributed by atoms with E-state index in [1.54, 1.807) is 0 Å². The molecule has 0 bridgehead atoms. The Morgan fingerprint density at radius 3 is 2.96 bits per heavy atom. The zero-order valence-electron chi connectivity index (χ0n) is 16.1. The molecule has 2 fully saturated rings. The molecule has 2 aliphatic heterocycles. The maximum atomic E-state index is 13.6. The van der Waals surface area contributed by atoms with Gasteiger partial charge in [-0.2, -0.15) is 5.10 Å². The zero-order valence-corrected chi connectivity index (χ0v) is 17.7. The third-order valence-electron chi connectivity index (χ3n) is 6.50. The molecule has 0 unspecified atom stereocenters. The minimum Gasteiger partial charge on any atom is -0.381 e. The van der Waals surface area contributed by atoms with E-state index in [9.17, 15) is 4.79 Å². The van der Waals surface area contributed by atoms with Crippen molar-refractivity contribution in [3.63, 3.8) is 0 Å². The molecule has 1 aliphatic carbocycles. The number of benzene rings is 1. The molecule has 1 amide bonds. The van der Waals surface area contributed by atoms with Crippen LogP contribution in [0.15, 0.2) is 28.7 Å². The quantitative estimate of drug-likeness (QED) is 0.699. The number of amides is 1. The van der Waals surface area contributed by atoms with E-state index in [4.69, 9.17) is 9.84 Å². The van der Waals surface area contributed by atoms with Crippen molar-refractivity contribution >= 4 is 21.8 Å². The van der Waals surface area contributed by atoms with Gasteiger partial charge in [0.2, 0.25) is 0 Å². The van der Waals surface area contributed by atoms with Crippen LogP contribution in [0.4, 0.5) is 0 Å². The largest absolute Gasteiger partial charge is 0.381 e. The van der Waals surface area contributed by atoms with E-state index in [0.29, 0.717) is 17.7 Å². The van der Waals surface area contributed by atoms with Gasteiger partial charge < -0.3 is 9.64 Å². The number of halogens is 1. The SMILES string of the molecule is O=C(c1nn(-c2cccc(Br)c2)c2c1CCCC2)N1CCC[C@H]2COCC[C@@H]21. The molecule has 2 saturated heterocycles. The Balaban J connectivity index is 1.53. The van der Waals surface area contributed by atoms with E-state index in [2.05, 4.69) is 33.0 Å². The Bertz CT molecular complexity index is 892. The van der Waals surface area contributed by atoms with Gasteiger partial charge in [-0.3, -0.25) is 4.79 Å². The van der Waals surface area contributed by atoms with Gasteiger partial charge in [0.25, 0.3) is 5.91 Å². The summed E-state index contributed by atoms with van der Waals surface area (Å²) in [5.41, 5.74) is 4.09. The number of rotatable bonds is 2. The van der Waals surface area contributed by atoms with Gasteiger partial charge in [0.1, 0.15) is 0 Å². The molecule has 0 saturated carbocycles. The van der Waals surface area contributed by atoms with Gasteiger partial charge in [0, 0.05) is 40.8 Å². The van der Waals surface area contributed by atoms with E-state index < -0.39 is 0 Å². The number of likely N-dealkylation sites (tertiary alicyclic amines) is 1. The summed E-state index contributed by atoms with van der Waals surface area (Å²) in [5.74, 6) is 0.609. The predicted molar refractivity (Wildman–Crippen MR) is 111 cm³/mol. The second-order valence-corrected chi connectivity index (χ2v) is 9.12. The van der Waals surface area contributed by atoms with Gasteiger partial charge in [-0.15, -0.1) is 0 Å². The topological polar surface area (TPSA) is 47.4 Å². The fourth-order valence-corrected chi connectivity index (χ4v) is 5.53. The molecule has 0 spiro atoms. The highest BCUT2D eigenvalue weighted by atomic mass is 79.9. The Kier molecular flexibility index (Phi) is 5.01. The molecule has 5 rings (SSSR count). The summed E-state index contributed by atoms with van der Waals surface area (Å²) >= 11 is 3.56. The van der Waals surface area contributed by atoms with Crippen molar-refractivity contribution in [1.29, 1.82) is 0 Å². The molecule has 2 atom stereocenters. The summed E-state index contributed by atoms with van der Waals surface area (Å²) in [6, 6.07) is 8.49. The molecule has 2 aromatic rings. The number of carbonyl (C=O) groups excluding carboxylic acids is 1. The van der Waals surface area contributed by atoms with Crippen molar-refractivity contribution in [2.24, 2.45) is 5.92 Å². The summed E-state index contributed by atoms with van der Waals surface area (Å²) in [7, 11) is 0. The lowest BCUT2D eigenvalue weighted by Crippen LogP contribution is -2.52. The molecule has 1 aromatic carbocycles. The molecule has 0 N–H and O–H groups in total. The number of hydrogen-bond acceptors (Lipinski definition) is 3. The maximum Gasteiger partial charge on any atom is 0.274 e. The molecular weight excluding hydrogens is 418 g/mol. The number of aromatic nitrogens is 2. The average Bonchev–Trinajstić information content (AvgIpc) is 3.13. The third-order valence-corrected chi connectivity index (χ3v) is 7.00. The Morgan fingerprint density at radius 1 is 1.18 bits per heavy atom. The molecule has 5 nitrogen and oxygen atoms in total. The van der Waals surface area contributed by atoms with Crippen molar-refractivity contribution in [3.8, 4) is 5.69 Å². The summed E-state index contributed by atoms with van der Waals surface area (Å²) in [5, 5.41) is 4.89. The molecule has 3 heterocycles. The van der Waals surface area contributed by atoms with Crippen LogP contribution in [0.2, 0.25) is 0 Å². The van der Waals surface area contributed by atoms with Crippen molar-refractivity contribution in [2.45, 2.75) is 51.0 Å². The average molecular weight is 444 g/mol. The lowest BCUT2D eigenvalue weighted by molar-refractivity contribution is -0.0273. The van der Waals surface area contributed by atoms with Crippen LogP contribution in [0.3, 0.4) is 0 Å². The molecule has 1 aromatic heterocycles. The summed E-state index contributed by atoms with van der Waals surface area (Å²) in [6.45, 7) is 2.40. The number of ether oxygens (including phenoxy) is 1. The first kappa shape index (κ1) is 18.4. The second kappa shape index (κ2) is 7.64. The Labute approximate surface area is 174 Å². The third kappa shape index (κ3) is 3.20. The highest BCUT2D eigenvalue weighted by molar-refractivity contribution is 9.10. The van der Waals surface area contributed by atoms with Crippen LogP contribution in [-0.4, -0.2) is 46.4 Å². The number of hydrogen-bond donors (Lipinski definition) is 0. The van der Waals surface area contributed by atoms with Crippen LogP contribution in [0.5, 0.6) is 0 Å². The first-order valence-corrected chi connectivity index (χ1v) is 11.3. The molecule has 28 heavy (non-hydrogen) atoms. The molecule has 6 heteroatoms. The van der Waals surface area contributed by atoms with Crippen LogP contribution in [0.1, 0.15) is 53.8 Å². The number of fused-ring (bicyclic) bond motifs is 2. The smallest absolute Gasteiger partial charge is 0.274 e. The number of nitrogens with zero attached hydrogens (tertiary/aromatic N) is 3. The van der Waals surface area contributed by atoms with Crippen LogP contribution in [0, 0.1) is 5.92 Å². The van der Waals surface area contributed by atoms with Gasteiger partial charge in [-0.05, 0) is 63.1 Å². The van der Waals surface area contributed by atoms with Gasteiger partial charge in [0.05, 0.1) is 12.3 Å². The minimum absolute atomic E-state index is 0.128. The summed E-state index contributed by atoms with van der Waals surface area (Å²) in [6.07, 6.45) is 7.41. The van der Waals surface area contributed by atoms with E-state index in [1.807, 2.05) is 16.8 Å². The number of piperidine rings is 1. The summed E-state index contributed by atoms with van der Waals surface area (Å²) in [4.78, 5) is 15.7. The highest BCUT2D eigenvalue weighted by Crippen LogP contribution is 2.33. The fraction of sp³-hybridized carbons (Fsp3) is 0.545. The van der Waals surface area contributed by atoms with E-state index in [0.717, 1.165) is 68.4 Å². The normalized spacial score (nSPS) is 24.5. The zero-order chi connectivity index (χ0) is 19.1. The highest BCUT2D eigenvalue weighted by Gasteiger charge is 2.38. The van der Waals surface area contributed by atoms with Crippen LogP contribution >= 0.6 is 15.9 Å². The van der Waals surface area contributed by atoms with E-state index >= 15 is 0 Å². The Hall–Kier alpha value is -1.66. The molecule has 148 valence electrons. The van der Waals surface area contributed by atoms with Crippen molar-refractivity contribution in [3.05, 3.63) is 45.7 Å². The summed E-state index contributed by atoms with van der Waals surface area (Å²) < 4.78 is 8.71. The van der Waals surface area contributed by atoms with E-state index in [-0.39, 0.29) is 5.91 Å². The van der Waals surface area contributed by atoms with Gasteiger partial charge >= 0.3 is 0 Å². The first-order chi connectivity index (χ1) is 13.7. The van der Waals surface area contributed by atoms with Crippen molar-refractivity contribution < 1.29 is 9.53 Å². The molecule has 3 aliphatic rings. The van der Waals surface area contributed by atoms with Gasteiger partial charge in [-0.25, -0.2) is 4.68 Å².